The van der Waals surface area contributed by atoms with Crippen LogP contribution in [0.4, 0.5) is 5.82 Å². The number of piperidine rings is 1. The predicted octanol–water partition coefficient (Wildman–Crippen LogP) is 4.03. The second kappa shape index (κ2) is 5.80. The molecule has 2 aromatic rings. The van der Waals surface area contributed by atoms with Crippen LogP contribution in [-0.4, -0.2) is 23.1 Å². The normalized spacial score (nSPS) is 19.1. The zero-order chi connectivity index (χ0) is 13.9. The zero-order valence-electron chi connectivity index (χ0n) is 11.6. The Kier molecular flexibility index (Phi) is 3.88. The number of hydrogen-bond donors (Lipinski definition) is 0. The quantitative estimate of drug-likeness (QED) is 0.835. The Morgan fingerprint density at radius 1 is 1.30 bits per heavy atom. The number of nitrogens with zero attached hydrogens (tertiary/aromatic N) is 3. The van der Waals surface area contributed by atoms with Crippen LogP contribution in [0, 0.1) is 5.92 Å². The van der Waals surface area contributed by atoms with Gasteiger partial charge >= 0.3 is 0 Å². The molecule has 1 aliphatic heterocycles. The predicted molar refractivity (Wildman–Crippen MR) is 83.1 cm³/mol. The van der Waals surface area contributed by atoms with Gasteiger partial charge in [0, 0.05) is 42.8 Å². The first-order valence-electron chi connectivity index (χ1n) is 7.05. The van der Waals surface area contributed by atoms with Crippen LogP contribution < -0.4 is 4.90 Å². The van der Waals surface area contributed by atoms with Gasteiger partial charge in [-0.25, -0.2) is 4.98 Å². The third-order valence-electron chi connectivity index (χ3n) is 3.77. The highest BCUT2D eigenvalue weighted by molar-refractivity contribution is 6.33. The maximum Gasteiger partial charge on any atom is 0.147 e. The van der Waals surface area contributed by atoms with Crippen molar-refractivity contribution in [1.29, 1.82) is 0 Å². The third kappa shape index (κ3) is 2.78. The summed E-state index contributed by atoms with van der Waals surface area (Å²) < 4.78 is 0. The highest BCUT2D eigenvalue weighted by atomic mass is 35.5. The zero-order valence-corrected chi connectivity index (χ0v) is 12.3. The Balaban J connectivity index is 1.88. The molecule has 3 nitrogen and oxygen atoms in total. The smallest absolute Gasteiger partial charge is 0.147 e. The van der Waals surface area contributed by atoms with Gasteiger partial charge < -0.3 is 4.90 Å². The second-order valence-corrected chi connectivity index (χ2v) is 5.87. The lowest BCUT2D eigenvalue weighted by Gasteiger charge is -2.32. The molecule has 104 valence electrons. The summed E-state index contributed by atoms with van der Waals surface area (Å²) in [6.45, 7) is 4.37. The summed E-state index contributed by atoms with van der Waals surface area (Å²) in [5.74, 6) is 1.62. The molecular formula is C16H18ClN3. The Morgan fingerprint density at radius 3 is 2.90 bits per heavy atom. The summed E-state index contributed by atoms with van der Waals surface area (Å²) in [6.07, 6.45) is 7.99. The van der Waals surface area contributed by atoms with Gasteiger partial charge in [0.2, 0.25) is 0 Å². The number of rotatable bonds is 2. The third-order valence-corrected chi connectivity index (χ3v) is 4.05. The first kappa shape index (κ1) is 13.4. The van der Waals surface area contributed by atoms with E-state index in [1.165, 1.54) is 12.8 Å². The van der Waals surface area contributed by atoms with Crippen molar-refractivity contribution in [3.63, 3.8) is 0 Å². The van der Waals surface area contributed by atoms with Crippen molar-refractivity contribution in [3.05, 3.63) is 41.8 Å². The second-order valence-electron chi connectivity index (χ2n) is 5.46. The summed E-state index contributed by atoms with van der Waals surface area (Å²) in [5, 5.41) is 0.723. The molecule has 0 aromatic carbocycles. The topological polar surface area (TPSA) is 29.0 Å². The lowest BCUT2D eigenvalue weighted by Crippen LogP contribution is -2.34. The lowest BCUT2D eigenvalue weighted by atomic mass is 10.0. The number of hydrogen-bond acceptors (Lipinski definition) is 3. The Labute approximate surface area is 124 Å². The molecule has 0 N–H and O–H groups in total. The molecule has 1 saturated heterocycles. The highest BCUT2D eigenvalue weighted by Crippen LogP contribution is 2.31. The number of aromatic nitrogens is 2. The molecular weight excluding hydrogens is 270 g/mol. The largest absolute Gasteiger partial charge is 0.355 e. The lowest BCUT2D eigenvalue weighted by molar-refractivity contribution is 0.444. The van der Waals surface area contributed by atoms with Crippen molar-refractivity contribution in [2.45, 2.75) is 19.8 Å². The summed E-state index contributed by atoms with van der Waals surface area (Å²) >= 11 is 6.44. The SMILES string of the molecule is CC1CCCN(c2ncc(-c3cccnc3)cc2Cl)C1. The van der Waals surface area contributed by atoms with Gasteiger partial charge in [-0.1, -0.05) is 24.6 Å². The van der Waals surface area contributed by atoms with Gasteiger partial charge in [-0.15, -0.1) is 0 Å². The van der Waals surface area contributed by atoms with E-state index < -0.39 is 0 Å². The summed E-state index contributed by atoms with van der Waals surface area (Å²) in [7, 11) is 0. The highest BCUT2D eigenvalue weighted by Gasteiger charge is 2.19. The van der Waals surface area contributed by atoms with Gasteiger partial charge in [-0.3, -0.25) is 4.98 Å². The van der Waals surface area contributed by atoms with Crippen LogP contribution in [0.1, 0.15) is 19.8 Å². The van der Waals surface area contributed by atoms with Crippen molar-refractivity contribution in [2.75, 3.05) is 18.0 Å². The van der Waals surface area contributed by atoms with Gasteiger partial charge in [-0.2, -0.15) is 0 Å². The van der Waals surface area contributed by atoms with E-state index in [-0.39, 0.29) is 0 Å². The first-order chi connectivity index (χ1) is 9.74. The molecule has 0 amide bonds. The van der Waals surface area contributed by atoms with Crippen molar-refractivity contribution in [1.82, 2.24) is 9.97 Å². The fourth-order valence-electron chi connectivity index (χ4n) is 2.74. The molecule has 1 unspecified atom stereocenters. The summed E-state index contributed by atoms with van der Waals surface area (Å²) in [4.78, 5) is 11.0. The van der Waals surface area contributed by atoms with Crippen LogP contribution in [-0.2, 0) is 0 Å². The monoisotopic (exact) mass is 287 g/mol. The molecule has 2 aromatic heterocycles. The molecule has 0 saturated carbocycles. The number of halogens is 1. The molecule has 1 atom stereocenters. The fraction of sp³-hybridized carbons (Fsp3) is 0.375. The molecule has 4 heteroatoms. The molecule has 0 radical (unpaired) electrons. The maximum atomic E-state index is 6.44. The van der Waals surface area contributed by atoms with Crippen molar-refractivity contribution in [2.24, 2.45) is 5.92 Å². The minimum Gasteiger partial charge on any atom is -0.355 e. The summed E-state index contributed by atoms with van der Waals surface area (Å²) in [5.41, 5.74) is 2.05. The van der Waals surface area contributed by atoms with Crippen LogP contribution in [0.2, 0.25) is 5.02 Å². The Morgan fingerprint density at radius 2 is 2.20 bits per heavy atom. The average Bonchev–Trinajstić information content (AvgIpc) is 2.48. The van der Waals surface area contributed by atoms with E-state index in [2.05, 4.69) is 21.8 Å². The fourth-order valence-corrected chi connectivity index (χ4v) is 3.02. The minimum absolute atomic E-state index is 0.708. The molecule has 20 heavy (non-hydrogen) atoms. The van der Waals surface area contributed by atoms with Gasteiger partial charge in [-0.05, 0) is 30.9 Å². The molecule has 3 heterocycles. The maximum absolute atomic E-state index is 6.44. The van der Waals surface area contributed by atoms with Gasteiger partial charge in [0.15, 0.2) is 0 Å². The van der Waals surface area contributed by atoms with E-state index in [4.69, 9.17) is 11.6 Å². The minimum atomic E-state index is 0.708. The van der Waals surface area contributed by atoms with Crippen LogP contribution >= 0.6 is 11.6 Å². The molecule has 0 aliphatic carbocycles. The van der Waals surface area contributed by atoms with E-state index in [1.807, 2.05) is 30.6 Å². The molecule has 1 aliphatic rings. The van der Waals surface area contributed by atoms with E-state index in [9.17, 15) is 0 Å². The van der Waals surface area contributed by atoms with Crippen LogP contribution in [0.15, 0.2) is 36.8 Å². The van der Waals surface area contributed by atoms with Gasteiger partial charge in [0.1, 0.15) is 5.82 Å². The van der Waals surface area contributed by atoms with E-state index in [0.29, 0.717) is 5.92 Å². The van der Waals surface area contributed by atoms with Gasteiger partial charge in [0.05, 0.1) is 5.02 Å². The van der Waals surface area contributed by atoms with Crippen LogP contribution in [0.25, 0.3) is 11.1 Å². The number of anilines is 1. The first-order valence-corrected chi connectivity index (χ1v) is 7.43. The van der Waals surface area contributed by atoms with Gasteiger partial charge in [0.25, 0.3) is 0 Å². The van der Waals surface area contributed by atoms with E-state index in [1.54, 1.807) is 6.20 Å². The standard InChI is InChI=1S/C16H18ClN3/c1-12-4-3-7-20(11-12)16-15(17)8-14(10-19-16)13-5-2-6-18-9-13/h2,5-6,8-10,12H,3-4,7,11H2,1H3. The van der Waals surface area contributed by atoms with Crippen LogP contribution in [0.5, 0.6) is 0 Å². The molecule has 1 fully saturated rings. The molecule has 3 rings (SSSR count). The Hall–Kier alpha value is -1.61. The van der Waals surface area contributed by atoms with Crippen LogP contribution in [0.3, 0.4) is 0 Å². The summed E-state index contributed by atoms with van der Waals surface area (Å²) in [6, 6.07) is 5.92. The van der Waals surface area contributed by atoms with Crippen molar-refractivity contribution in [3.8, 4) is 11.1 Å². The van der Waals surface area contributed by atoms with E-state index >= 15 is 0 Å². The van der Waals surface area contributed by atoms with E-state index in [0.717, 1.165) is 35.1 Å². The van der Waals surface area contributed by atoms with Crippen molar-refractivity contribution >= 4 is 17.4 Å². The van der Waals surface area contributed by atoms with Crippen molar-refractivity contribution < 1.29 is 0 Å². The number of pyridine rings is 2. The molecule has 0 bridgehead atoms. The Bertz CT molecular complexity index is 586. The molecule has 0 spiro atoms. The average molecular weight is 288 g/mol.